The lowest BCUT2D eigenvalue weighted by Gasteiger charge is -2.21. The maximum Gasteiger partial charge on any atom is 0.133 e. The molecule has 1 aliphatic heterocycles. The zero-order valence-corrected chi connectivity index (χ0v) is 10.2. The average Bonchev–Trinajstić information content (AvgIpc) is 2.73. The summed E-state index contributed by atoms with van der Waals surface area (Å²) >= 11 is 1.26. The van der Waals surface area contributed by atoms with Crippen molar-refractivity contribution in [1.29, 1.82) is 5.26 Å². The lowest BCUT2D eigenvalue weighted by atomic mass is 10.0. The highest BCUT2D eigenvalue weighted by molar-refractivity contribution is 8.02. The molecule has 1 aromatic heterocycles. The molecule has 1 saturated heterocycles. The summed E-state index contributed by atoms with van der Waals surface area (Å²) in [5.74, 6) is 0.691. The summed E-state index contributed by atoms with van der Waals surface area (Å²) in [4.78, 5) is 6.77. The number of thiocyanates is 1. The van der Waals surface area contributed by atoms with E-state index < -0.39 is 0 Å². The molecule has 1 fully saturated rings. The van der Waals surface area contributed by atoms with Gasteiger partial charge in [0.2, 0.25) is 0 Å². The zero-order valence-electron chi connectivity index (χ0n) is 9.39. The highest BCUT2D eigenvalue weighted by Gasteiger charge is 2.24. The number of nitrogens with zero attached hydrogens (tertiary/aromatic N) is 3. The van der Waals surface area contributed by atoms with Crippen molar-refractivity contribution in [2.24, 2.45) is 0 Å². The van der Waals surface area contributed by atoms with Gasteiger partial charge in [0.15, 0.2) is 0 Å². The fraction of sp³-hybridized carbons (Fsp3) is 0.500. The third kappa shape index (κ3) is 2.37. The normalized spacial score (nSPS) is 20.9. The molecular formula is C12H15N3S. The third-order valence-corrected chi connectivity index (χ3v) is 3.63. The predicted molar refractivity (Wildman–Crippen MR) is 65.8 cm³/mol. The molecule has 1 aliphatic rings. The minimum absolute atomic E-state index is 0.489. The van der Waals surface area contributed by atoms with Crippen molar-refractivity contribution < 1.29 is 0 Å². The van der Waals surface area contributed by atoms with Gasteiger partial charge in [0, 0.05) is 12.2 Å². The van der Waals surface area contributed by atoms with Crippen molar-refractivity contribution in [2.45, 2.75) is 24.6 Å². The van der Waals surface area contributed by atoms with Crippen LogP contribution in [0.15, 0.2) is 18.3 Å². The Labute approximate surface area is 100 Å². The third-order valence-electron chi connectivity index (χ3n) is 3.08. The van der Waals surface area contributed by atoms with Crippen LogP contribution in [0.3, 0.4) is 0 Å². The number of likely N-dealkylation sites (tertiary alicyclic amines) is 1. The summed E-state index contributed by atoms with van der Waals surface area (Å²) in [6, 6.07) is 4.62. The van der Waals surface area contributed by atoms with Crippen molar-refractivity contribution in [1.82, 2.24) is 9.88 Å². The van der Waals surface area contributed by atoms with Gasteiger partial charge >= 0.3 is 0 Å². The van der Waals surface area contributed by atoms with Gasteiger partial charge in [0.1, 0.15) is 5.40 Å². The minimum atomic E-state index is 0.489. The van der Waals surface area contributed by atoms with Crippen molar-refractivity contribution in [3.63, 3.8) is 0 Å². The van der Waals surface area contributed by atoms with Crippen LogP contribution in [-0.4, -0.2) is 23.5 Å². The van der Waals surface area contributed by atoms with Crippen LogP contribution < -0.4 is 0 Å². The topological polar surface area (TPSA) is 39.9 Å². The number of rotatable bonds is 3. The largest absolute Gasteiger partial charge is 0.299 e. The van der Waals surface area contributed by atoms with Gasteiger partial charge in [-0.05, 0) is 49.8 Å². The fourth-order valence-corrected chi connectivity index (χ4v) is 2.72. The Morgan fingerprint density at radius 1 is 1.69 bits per heavy atom. The van der Waals surface area contributed by atoms with Gasteiger partial charge in [0.25, 0.3) is 0 Å². The Hall–Kier alpha value is -1.05. The Morgan fingerprint density at radius 3 is 3.25 bits per heavy atom. The number of hydrogen-bond donors (Lipinski definition) is 0. The average molecular weight is 233 g/mol. The first-order valence-corrected chi connectivity index (χ1v) is 6.46. The van der Waals surface area contributed by atoms with Crippen LogP contribution in [0.1, 0.15) is 30.1 Å². The Bertz CT molecular complexity index is 399. The standard InChI is InChI=1S/C12H15N3S/c1-15-7-3-5-12(15)10-4-2-6-14-11(10)8-16-9-13/h2,4,6,12H,3,5,7-8H2,1H3/t12-/m0/s1. The van der Waals surface area contributed by atoms with E-state index in [0.717, 1.165) is 12.2 Å². The molecule has 0 aromatic carbocycles. The summed E-state index contributed by atoms with van der Waals surface area (Å²) in [6.45, 7) is 1.16. The van der Waals surface area contributed by atoms with Crippen LogP contribution in [0.2, 0.25) is 0 Å². The van der Waals surface area contributed by atoms with Gasteiger partial charge in [0.05, 0.1) is 11.4 Å². The summed E-state index contributed by atoms with van der Waals surface area (Å²) < 4.78 is 0. The molecule has 0 radical (unpaired) electrons. The molecule has 0 spiro atoms. The number of pyridine rings is 1. The van der Waals surface area contributed by atoms with Gasteiger partial charge < -0.3 is 0 Å². The van der Waals surface area contributed by atoms with E-state index in [1.165, 1.54) is 30.2 Å². The maximum atomic E-state index is 8.61. The molecule has 0 bridgehead atoms. The number of nitriles is 1. The van der Waals surface area contributed by atoms with E-state index >= 15 is 0 Å². The fourth-order valence-electron chi connectivity index (χ4n) is 2.28. The molecule has 1 aromatic rings. The molecule has 0 saturated carbocycles. The molecule has 0 unspecified atom stereocenters. The first kappa shape index (κ1) is 11.4. The molecule has 2 rings (SSSR count). The molecule has 16 heavy (non-hydrogen) atoms. The van der Waals surface area contributed by atoms with Gasteiger partial charge in [-0.1, -0.05) is 6.07 Å². The second-order valence-electron chi connectivity index (χ2n) is 4.06. The van der Waals surface area contributed by atoms with E-state index in [-0.39, 0.29) is 0 Å². The van der Waals surface area contributed by atoms with Crippen molar-refractivity contribution in [3.8, 4) is 5.40 Å². The summed E-state index contributed by atoms with van der Waals surface area (Å²) in [5, 5.41) is 10.7. The Morgan fingerprint density at radius 2 is 2.56 bits per heavy atom. The molecule has 0 N–H and O–H groups in total. The van der Waals surface area contributed by atoms with Crippen LogP contribution in [0, 0.1) is 10.7 Å². The molecule has 84 valence electrons. The van der Waals surface area contributed by atoms with Crippen LogP contribution in [0.4, 0.5) is 0 Å². The molecule has 0 amide bonds. The van der Waals surface area contributed by atoms with Crippen LogP contribution >= 0.6 is 11.8 Å². The predicted octanol–water partition coefficient (Wildman–Crippen LogP) is 2.56. The van der Waals surface area contributed by atoms with E-state index in [4.69, 9.17) is 5.26 Å². The van der Waals surface area contributed by atoms with Crippen molar-refractivity contribution in [2.75, 3.05) is 13.6 Å². The number of aromatic nitrogens is 1. The number of thioether (sulfide) groups is 1. The lowest BCUT2D eigenvalue weighted by Crippen LogP contribution is -2.19. The van der Waals surface area contributed by atoms with Gasteiger partial charge in [-0.2, -0.15) is 5.26 Å². The second kappa shape index (κ2) is 5.33. The Kier molecular flexibility index (Phi) is 3.81. The summed E-state index contributed by atoms with van der Waals surface area (Å²) in [7, 11) is 2.16. The SMILES string of the molecule is CN1CCC[C@H]1c1cccnc1CSC#N. The quantitative estimate of drug-likeness (QED) is 0.752. The zero-order chi connectivity index (χ0) is 11.4. The van der Waals surface area contributed by atoms with E-state index in [1.54, 1.807) is 0 Å². The number of hydrogen-bond acceptors (Lipinski definition) is 4. The van der Waals surface area contributed by atoms with E-state index in [0.29, 0.717) is 11.8 Å². The summed E-state index contributed by atoms with van der Waals surface area (Å²) in [6.07, 6.45) is 4.26. The molecular weight excluding hydrogens is 218 g/mol. The molecule has 1 atom stereocenters. The monoisotopic (exact) mass is 233 g/mol. The first-order valence-electron chi connectivity index (χ1n) is 5.48. The maximum absolute atomic E-state index is 8.61. The van der Waals surface area contributed by atoms with E-state index in [2.05, 4.69) is 28.4 Å². The van der Waals surface area contributed by atoms with Gasteiger partial charge in [-0.25, -0.2) is 0 Å². The minimum Gasteiger partial charge on any atom is -0.299 e. The Balaban J connectivity index is 2.22. The van der Waals surface area contributed by atoms with E-state index in [1.807, 2.05) is 12.3 Å². The second-order valence-corrected chi connectivity index (χ2v) is 4.82. The lowest BCUT2D eigenvalue weighted by molar-refractivity contribution is 0.316. The van der Waals surface area contributed by atoms with Gasteiger partial charge in [-0.15, -0.1) is 0 Å². The highest BCUT2D eigenvalue weighted by Crippen LogP contribution is 2.32. The first-order chi connectivity index (χ1) is 7.83. The van der Waals surface area contributed by atoms with E-state index in [9.17, 15) is 0 Å². The van der Waals surface area contributed by atoms with Crippen LogP contribution in [0.25, 0.3) is 0 Å². The smallest absolute Gasteiger partial charge is 0.133 e. The van der Waals surface area contributed by atoms with Crippen LogP contribution in [0.5, 0.6) is 0 Å². The molecule has 3 nitrogen and oxygen atoms in total. The molecule has 0 aliphatic carbocycles. The van der Waals surface area contributed by atoms with Crippen molar-refractivity contribution >= 4 is 11.8 Å². The van der Waals surface area contributed by atoms with Crippen LogP contribution in [-0.2, 0) is 5.75 Å². The molecule has 2 heterocycles. The highest BCUT2D eigenvalue weighted by atomic mass is 32.2. The van der Waals surface area contributed by atoms with Crippen molar-refractivity contribution in [3.05, 3.63) is 29.6 Å². The summed E-state index contributed by atoms with van der Waals surface area (Å²) in [5.41, 5.74) is 2.36. The van der Waals surface area contributed by atoms with Gasteiger partial charge in [-0.3, -0.25) is 9.88 Å². The molecule has 4 heteroatoms.